The summed E-state index contributed by atoms with van der Waals surface area (Å²) in [5, 5.41) is 1.36. The molecule has 5 heteroatoms. The fourth-order valence-corrected chi connectivity index (χ4v) is 1.78. The normalized spacial score (nSPS) is 10.6. The van der Waals surface area contributed by atoms with Crippen LogP contribution in [-0.4, -0.2) is 29.1 Å². The molecule has 1 rings (SSSR count). The van der Waals surface area contributed by atoms with E-state index in [1.54, 1.807) is 12.3 Å². The van der Waals surface area contributed by atoms with Gasteiger partial charge in [0, 0.05) is 6.20 Å². The van der Waals surface area contributed by atoms with Gasteiger partial charge in [0.05, 0.1) is 19.6 Å². The molecular formula is C11H15BrN2O2. The van der Waals surface area contributed by atoms with Crippen molar-refractivity contribution in [3.05, 3.63) is 28.5 Å². The quantitative estimate of drug-likeness (QED) is 0.629. The van der Waals surface area contributed by atoms with Crippen molar-refractivity contribution in [2.45, 2.75) is 26.3 Å². The number of pyridine rings is 1. The molecule has 1 amide bonds. The molecule has 0 saturated heterocycles. The maximum Gasteiger partial charge on any atom is 0.250 e. The van der Waals surface area contributed by atoms with Crippen LogP contribution in [-0.2, 0) is 16.1 Å². The minimum atomic E-state index is -0.0776. The molecule has 1 heterocycles. The van der Waals surface area contributed by atoms with Gasteiger partial charge in [-0.1, -0.05) is 6.07 Å². The molecule has 0 aliphatic carbocycles. The van der Waals surface area contributed by atoms with E-state index in [-0.39, 0.29) is 18.4 Å². The van der Waals surface area contributed by atoms with E-state index in [4.69, 9.17) is 4.84 Å². The van der Waals surface area contributed by atoms with Crippen LogP contribution in [0.15, 0.2) is 22.9 Å². The molecule has 88 valence electrons. The second-order valence-corrected chi connectivity index (χ2v) is 4.38. The minimum absolute atomic E-state index is 0.0212. The molecule has 0 aromatic carbocycles. The van der Waals surface area contributed by atoms with Gasteiger partial charge in [-0.2, -0.15) is 0 Å². The molecule has 0 bridgehead atoms. The van der Waals surface area contributed by atoms with Crippen LogP contribution in [0.4, 0.5) is 0 Å². The topological polar surface area (TPSA) is 42.4 Å². The number of hydrogen-bond acceptors (Lipinski definition) is 3. The highest BCUT2D eigenvalue weighted by atomic mass is 79.9. The summed E-state index contributed by atoms with van der Waals surface area (Å²) in [6.45, 7) is 3.80. The first-order chi connectivity index (χ1) is 7.56. The fraction of sp³-hybridized carbons (Fsp3) is 0.455. The van der Waals surface area contributed by atoms with Crippen molar-refractivity contribution in [2.75, 3.05) is 7.11 Å². The maximum absolute atomic E-state index is 11.9. The summed E-state index contributed by atoms with van der Waals surface area (Å²) in [6.07, 6.45) is 1.95. The third kappa shape index (κ3) is 3.28. The number of nitrogens with zero attached hydrogens (tertiary/aromatic N) is 2. The molecule has 16 heavy (non-hydrogen) atoms. The zero-order valence-electron chi connectivity index (χ0n) is 9.61. The first kappa shape index (κ1) is 13.1. The second-order valence-electron chi connectivity index (χ2n) is 3.63. The molecule has 0 atom stereocenters. The largest absolute Gasteiger partial charge is 0.274 e. The van der Waals surface area contributed by atoms with E-state index in [2.05, 4.69) is 20.9 Å². The van der Waals surface area contributed by atoms with Crippen molar-refractivity contribution in [3.8, 4) is 0 Å². The van der Waals surface area contributed by atoms with Gasteiger partial charge in [-0.15, -0.1) is 0 Å². The summed E-state index contributed by atoms with van der Waals surface area (Å²) in [5.41, 5.74) is 0.857. The lowest BCUT2D eigenvalue weighted by molar-refractivity contribution is -0.184. The minimum Gasteiger partial charge on any atom is -0.274 e. The van der Waals surface area contributed by atoms with Crippen molar-refractivity contribution >= 4 is 21.8 Å². The number of carbonyl (C=O) groups excluding carboxylic acids is 1. The van der Waals surface area contributed by atoms with Crippen LogP contribution in [0.1, 0.15) is 19.4 Å². The van der Waals surface area contributed by atoms with Crippen molar-refractivity contribution in [3.63, 3.8) is 0 Å². The number of halogens is 1. The Bertz CT molecular complexity index is 369. The highest BCUT2D eigenvalue weighted by molar-refractivity contribution is 9.10. The Morgan fingerprint density at radius 1 is 1.62 bits per heavy atom. The van der Waals surface area contributed by atoms with Crippen LogP contribution in [0.2, 0.25) is 0 Å². The van der Waals surface area contributed by atoms with Crippen LogP contribution in [0.25, 0.3) is 0 Å². The van der Waals surface area contributed by atoms with Gasteiger partial charge in [0.1, 0.15) is 4.60 Å². The van der Waals surface area contributed by atoms with Crippen LogP contribution >= 0.6 is 15.9 Å². The highest BCUT2D eigenvalue weighted by Gasteiger charge is 2.18. The first-order valence-electron chi connectivity index (χ1n) is 5.01. The molecule has 0 radical (unpaired) electrons. The van der Waals surface area contributed by atoms with Gasteiger partial charge in [-0.05, 0) is 41.4 Å². The number of amides is 1. The predicted molar refractivity (Wildman–Crippen MR) is 64.6 cm³/mol. The number of rotatable bonds is 4. The Hall–Kier alpha value is -0.940. The average molecular weight is 287 g/mol. The van der Waals surface area contributed by atoms with Crippen molar-refractivity contribution in [1.29, 1.82) is 0 Å². The van der Waals surface area contributed by atoms with E-state index in [0.717, 1.165) is 5.56 Å². The van der Waals surface area contributed by atoms with Crippen molar-refractivity contribution < 1.29 is 9.63 Å². The van der Waals surface area contributed by atoms with Gasteiger partial charge in [0.25, 0.3) is 5.91 Å². The predicted octanol–water partition coefficient (Wildman–Crippen LogP) is 2.18. The van der Waals surface area contributed by atoms with Crippen LogP contribution in [0, 0.1) is 0 Å². The lowest BCUT2D eigenvalue weighted by Gasteiger charge is -2.23. The third-order valence-corrected chi connectivity index (χ3v) is 2.80. The number of aromatic nitrogens is 1. The Morgan fingerprint density at radius 3 is 2.81 bits per heavy atom. The fourth-order valence-electron chi connectivity index (χ4n) is 1.39. The van der Waals surface area contributed by atoms with Gasteiger partial charge in [0.2, 0.25) is 0 Å². The summed E-state index contributed by atoms with van der Waals surface area (Å²) in [4.78, 5) is 21.0. The molecule has 0 aliphatic heterocycles. The number of hydrogen-bond donors (Lipinski definition) is 0. The third-order valence-electron chi connectivity index (χ3n) is 2.09. The lowest BCUT2D eigenvalue weighted by Crippen LogP contribution is -2.37. The molecule has 0 N–H and O–H groups in total. The van der Waals surface area contributed by atoms with E-state index in [1.807, 2.05) is 19.9 Å². The van der Waals surface area contributed by atoms with Crippen molar-refractivity contribution in [1.82, 2.24) is 10.0 Å². The molecule has 0 unspecified atom stereocenters. The molecule has 1 aromatic heterocycles. The molecule has 4 nitrogen and oxygen atoms in total. The lowest BCUT2D eigenvalue weighted by atomic mass is 10.2. The Kier molecular flexibility index (Phi) is 4.89. The zero-order chi connectivity index (χ0) is 12.1. The van der Waals surface area contributed by atoms with E-state index >= 15 is 0 Å². The van der Waals surface area contributed by atoms with Crippen LogP contribution in [0.5, 0.6) is 0 Å². The molecular weight excluding hydrogens is 272 g/mol. The van der Waals surface area contributed by atoms with Crippen LogP contribution in [0.3, 0.4) is 0 Å². The van der Waals surface area contributed by atoms with E-state index < -0.39 is 0 Å². The van der Waals surface area contributed by atoms with Gasteiger partial charge < -0.3 is 0 Å². The smallest absolute Gasteiger partial charge is 0.250 e. The summed E-state index contributed by atoms with van der Waals surface area (Å²) in [6, 6.07) is 3.69. The molecule has 0 fully saturated rings. The highest BCUT2D eigenvalue weighted by Crippen LogP contribution is 2.14. The van der Waals surface area contributed by atoms with Gasteiger partial charge in [-0.25, -0.2) is 10.0 Å². The standard InChI is InChI=1S/C11H15BrN2O2/c1-8(2)14(16-3)10(15)7-9-5-4-6-13-11(9)12/h4-6,8H,7H2,1-3H3. The van der Waals surface area contributed by atoms with Crippen molar-refractivity contribution in [2.24, 2.45) is 0 Å². The average Bonchev–Trinajstić information content (AvgIpc) is 2.22. The SMILES string of the molecule is CON(C(=O)Cc1cccnc1Br)C(C)C. The van der Waals surface area contributed by atoms with Gasteiger partial charge >= 0.3 is 0 Å². The van der Waals surface area contributed by atoms with Crippen LogP contribution < -0.4 is 0 Å². The van der Waals surface area contributed by atoms with E-state index in [9.17, 15) is 4.79 Å². The van der Waals surface area contributed by atoms with E-state index in [0.29, 0.717) is 4.60 Å². The Morgan fingerprint density at radius 2 is 2.31 bits per heavy atom. The number of hydroxylamine groups is 2. The van der Waals surface area contributed by atoms with E-state index in [1.165, 1.54) is 12.2 Å². The Balaban J connectivity index is 2.74. The van der Waals surface area contributed by atoms with Gasteiger partial charge in [-0.3, -0.25) is 9.63 Å². The summed E-state index contributed by atoms with van der Waals surface area (Å²) in [5.74, 6) is -0.0776. The monoisotopic (exact) mass is 286 g/mol. The number of carbonyl (C=O) groups is 1. The molecule has 0 aliphatic rings. The maximum atomic E-state index is 11.9. The molecule has 0 saturated carbocycles. The molecule has 0 spiro atoms. The summed E-state index contributed by atoms with van der Waals surface area (Å²) in [7, 11) is 1.50. The van der Waals surface area contributed by atoms with Gasteiger partial charge in [0.15, 0.2) is 0 Å². The second kappa shape index (κ2) is 5.96. The summed E-state index contributed by atoms with van der Waals surface area (Å²) < 4.78 is 0.697. The first-order valence-corrected chi connectivity index (χ1v) is 5.81. The summed E-state index contributed by atoms with van der Waals surface area (Å²) >= 11 is 3.31. The zero-order valence-corrected chi connectivity index (χ0v) is 11.2. The Labute approximate surface area is 104 Å². The molecule has 1 aromatic rings.